The van der Waals surface area contributed by atoms with Crippen LogP contribution in [0.15, 0.2) is 24.3 Å². The lowest BCUT2D eigenvalue weighted by molar-refractivity contribution is 0.311. The highest BCUT2D eigenvalue weighted by molar-refractivity contribution is 5.23. The Morgan fingerprint density at radius 2 is 0.711 bits per heavy atom. The number of rotatable bonds is 28. The van der Waals surface area contributed by atoms with E-state index in [2.05, 4.69) is 62.0 Å². The summed E-state index contributed by atoms with van der Waals surface area (Å²) >= 11 is 0. The lowest BCUT2D eigenvalue weighted by Gasteiger charge is -2.19. The zero-order valence-corrected chi connectivity index (χ0v) is 26.6. The fraction of sp³-hybridized carbons (Fsp3) is 0.833. The molecule has 0 aromatic heterocycles. The molecule has 0 aliphatic carbocycles. The van der Waals surface area contributed by atoms with Crippen LogP contribution in [-0.4, -0.2) is 37.0 Å². The summed E-state index contributed by atoms with van der Waals surface area (Å²) in [6.07, 6.45) is 31.3. The normalized spacial score (nSPS) is 11.7. The average molecular weight is 529 g/mol. The van der Waals surface area contributed by atoms with Gasteiger partial charge in [0.2, 0.25) is 0 Å². The second-order valence-electron chi connectivity index (χ2n) is 12.4. The second-order valence-corrected chi connectivity index (χ2v) is 12.4. The maximum Gasteiger partial charge on any atom is 0.0230 e. The molecule has 222 valence electrons. The molecule has 38 heavy (non-hydrogen) atoms. The minimum absolute atomic E-state index is 1.08. The SMILES string of the molecule is CCCCCCCCCCCCCN(C)Cc1cccc(CN(C)CCCCCCCCCCCCC)c1. The molecule has 0 heterocycles. The molecule has 0 amide bonds. The van der Waals surface area contributed by atoms with Crippen LogP contribution in [-0.2, 0) is 13.1 Å². The van der Waals surface area contributed by atoms with Gasteiger partial charge in [0.1, 0.15) is 0 Å². The molecule has 0 aliphatic rings. The Hall–Kier alpha value is -0.860. The Kier molecular flexibility index (Phi) is 24.4. The van der Waals surface area contributed by atoms with Crippen LogP contribution in [0.25, 0.3) is 0 Å². The summed E-state index contributed by atoms with van der Waals surface area (Å²) in [7, 11) is 4.59. The predicted molar refractivity (Wildman–Crippen MR) is 172 cm³/mol. The summed E-state index contributed by atoms with van der Waals surface area (Å²) in [6.45, 7) is 9.20. The van der Waals surface area contributed by atoms with Gasteiger partial charge in [0.05, 0.1) is 0 Å². The van der Waals surface area contributed by atoms with E-state index < -0.39 is 0 Å². The van der Waals surface area contributed by atoms with Gasteiger partial charge in [0.15, 0.2) is 0 Å². The van der Waals surface area contributed by atoms with E-state index in [1.165, 1.54) is 165 Å². The van der Waals surface area contributed by atoms with Crippen molar-refractivity contribution in [2.75, 3.05) is 27.2 Å². The first kappa shape index (κ1) is 35.2. The van der Waals surface area contributed by atoms with Crippen molar-refractivity contribution in [1.82, 2.24) is 9.80 Å². The molecule has 2 heteroatoms. The maximum absolute atomic E-state index is 2.52. The van der Waals surface area contributed by atoms with Gasteiger partial charge in [-0.05, 0) is 51.2 Å². The average Bonchev–Trinajstić information content (AvgIpc) is 2.90. The Morgan fingerprint density at radius 1 is 0.421 bits per heavy atom. The topological polar surface area (TPSA) is 6.48 Å². The highest BCUT2D eigenvalue weighted by Crippen LogP contribution is 2.14. The molecule has 0 N–H and O–H groups in total. The van der Waals surface area contributed by atoms with Gasteiger partial charge in [0, 0.05) is 13.1 Å². The summed E-state index contributed by atoms with van der Waals surface area (Å²) in [5, 5.41) is 0. The highest BCUT2D eigenvalue weighted by Gasteiger charge is 2.05. The number of benzene rings is 1. The standard InChI is InChI=1S/C36H68N2/c1-5-7-9-11-13-15-17-19-21-23-25-30-37(3)33-35-28-27-29-36(32-35)34-38(4)31-26-24-22-20-18-16-14-12-10-8-6-2/h27-29,32H,5-26,30-31,33-34H2,1-4H3. The van der Waals surface area contributed by atoms with Crippen molar-refractivity contribution >= 4 is 0 Å². The molecule has 0 radical (unpaired) electrons. The molecule has 2 nitrogen and oxygen atoms in total. The fourth-order valence-electron chi connectivity index (χ4n) is 5.70. The molecule has 0 saturated heterocycles. The van der Waals surface area contributed by atoms with Gasteiger partial charge in [-0.25, -0.2) is 0 Å². The van der Waals surface area contributed by atoms with Gasteiger partial charge < -0.3 is 9.80 Å². The van der Waals surface area contributed by atoms with E-state index in [0.29, 0.717) is 0 Å². The summed E-state index contributed by atoms with van der Waals surface area (Å²) in [5.74, 6) is 0. The van der Waals surface area contributed by atoms with Crippen LogP contribution < -0.4 is 0 Å². The summed E-state index contributed by atoms with van der Waals surface area (Å²) in [4.78, 5) is 5.03. The molecule has 0 bridgehead atoms. The molecular formula is C36H68N2. The van der Waals surface area contributed by atoms with E-state index in [0.717, 1.165) is 13.1 Å². The molecule has 0 fully saturated rings. The van der Waals surface area contributed by atoms with Crippen LogP contribution in [0.3, 0.4) is 0 Å². The third-order valence-electron chi connectivity index (χ3n) is 8.18. The van der Waals surface area contributed by atoms with Gasteiger partial charge >= 0.3 is 0 Å². The zero-order valence-electron chi connectivity index (χ0n) is 26.6. The van der Waals surface area contributed by atoms with Crippen LogP contribution in [0.2, 0.25) is 0 Å². The van der Waals surface area contributed by atoms with E-state index in [-0.39, 0.29) is 0 Å². The molecule has 0 spiro atoms. The quantitative estimate of drug-likeness (QED) is 0.0998. The molecule has 1 aromatic rings. The first-order chi connectivity index (χ1) is 18.7. The molecule has 0 atom stereocenters. The van der Waals surface area contributed by atoms with Crippen molar-refractivity contribution in [3.05, 3.63) is 35.4 Å². The Bertz CT molecular complexity index is 564. The van der Waals surface area contributed by atoms with Crippen molar-refractivity contribution in [3.8, 4) is 0 Å². The van der Waals surface area contributed by atoms with Crippen LogP contribution in [0, 0.1) is 0 Å². The molecule has 1 rings (SSSR count). The third-order valence-corrected chi connectivity index (χ3v) is 8.18. The molecule has 0 saturated carbocycles. The van der Waals surface area contributed by atoms with Crippen molar-refractivity contribution < 1.29 is 0 Å². The largest absolute Gasteiger partial charge is 0.302 e. The summed E-state index contributed by atoms with van der Waals surface area (Å²) in [6, 6.07) is 9.32. The van der Waals surface area contributed by atoms with Gasteiger partial charge in [-0.2, -0.15) is 0 Å². The van der Waals surface area contributed by atoms with Crippen molar-refractivity contribution in [1.29, 1.82) is 0 Å². The first-order valence-corrected chi connectivity index (χ1v) is 17.1. The van der Waals surface area contributed by atoms with Crippen molar-refractivity contribution in [2.45, 2.75) is 168 Å². The number of hydrogen-bond donors (Lipinski definition) is 0. The van der Waals surface area contributed by atoms with E-state index in [1.807, 2.05) is 0 Å². The van der Waals surface area contributed by atoms with Gasteiger partial charge in [0.25, 0.3) is 0 Å². The van der Waals surface area contributed by atoms with E-state index in [4.69, 9.17) is 0 Å². The molecule has 1 aromatic carbocycles. The van der Waals surface area contributed by atoms with Crippen molar-refractivity contribution in [2.24, 2.45) is 0 Å². The lowest BCUT2D eigenvalue weighted by atomic mass is 10.1. The molecular weight excluding hydrogens is 460 g/mol. The van der Waals surface area contributed by atoms with Crippen LogP contribution in [0.5, 0.6) is 0 Å². The van der Waals surface area contributed by atoms with Crippen molar-refractivity contribution in [3.63, 3.8) is 0 Å². The number of hydrogen-bond acceptors (Lipinski definition) is 2. The Morgan fingerprint density at radius 3 is 1.03 bits per heavy atom. The van der Waals surface area contributed by atoms with Gasteiger partial charge in [-0.1, -0.05) is 167 Å². The predicted octanol–water partition coefficient (Wildman–Crippen LogP) is 11.2. The van der Waals surface area contributed by atoms with Crippen LogP contribution in [0.1, 0.15) is 166 Å². The maximum atomic E-state index is 2.52. The number of nitrogens with zero attached hydrogens (tertiary/aromatic N) is 2. The van der Waals surface area contributed by atoms with E-state index >= 15 is 0 Å². The minimum Gasteiger partial charge on any atom is -0.302 e. The monoisotopic (exact) mass is 529 g/mol. The highest BCUT2D eigenvalue weighted by atomic mass is 15.1. The van der Waals surface area contributed by atoms with E-state index in [1.54, 1.807) is 0 Å². The molecule has 0 unspecified atom stereocenters. The zero-order chi connectivity index (χ0) is 27.5. The minimum atomic E-state index is 1.08. The van der Waals surface area contributed by atoms with Gasteiger partial charge in [-0.3, -0.25) is 0 Å². The van der Waals surface area contributed by atoms with Gasteiger partial charge in [-0.15, -0.1) is 0 Å². The third kappa shape index (κ3) is 22.0. The Balaban J connectivity index is 2.05. The summed E-state index contributed by atoms with van der Waals surface area (Å²) < 4.78 is 0. The first-order valence-electron chi connectivity index (χ1n) is 17.1. The smallest absolute Gasteiger partial charge is 0.0230 e. The fourth-order valence-corrected chi connectivity index (χ4v) is 5.70. The second kappa shape index (κ2) is 26.4. The number of unbranched alkanes of at least 4 members (excludes halogenated alkanes) is 20. The lowest BCUT2D eigenvalue weighted by Crippen LogP contribution is -2.20. The molecule has 0 aliphatic heterocycles. The van der Waals surface area contributed by atoms with E-state index in [9.17, 15) is 0 Å². The van der Waals surface area contributed by atoms with Crippen LogP contribution in [0.4, 0.5) is 0 Å². The summed E-state index contributed by atoms with van der Waals surface area (Å²) in [5.41, 5.74) is 2.94. The van der Waals surface area contributed by atoms with Crippen LogP contribution >= 0.6 is 0 Å². The Labute approximate surface area is 240 Å².